The van der Waals surface area contributed by atoms with Gasteiger partial charge in [-0.05, 0) is 18.2 Å². The van der Waals surface area contributed by atoms with E-state index in [-0.39, 0.29) is 21.4 Å². The Morgan fingerprint density at radius 2 is 1.59 bits per heavy atom. The highest BCUT2D eigenvalue weighted by molar-refractivity contribution is 6.36. The molecular weight excluding hydrogens is 269 g/mol. The van der Waals surface area contributed by atoms with Crippen LogP contribution in [0.1, 0.15) is 0 Å². The van der Waals surface area contributed by atoms with Crippen LogP contribution in [0.2, 0.25) is 10.0 Å². The monoisotopic (exact) mass is 274 g/mol. The lowest BCUT2D eigenvalue weighted by molar-refractivity contribution is 0.475. The zero-order valence-corrected chi connectivity index (χ0v) is 9.86. The third kappa shape index (κ3) is 2.35. The van der Waals surface area contributed by atoms with Gasteiger partial charge in [0.2, 0.25) is 0 Å². The van der Waals surface area contributed by atoms with Gasteiger partial charge in [0, 0.05) is 23.3 Å². The number of halogens is 4. The molecular formula is C12H6Cl2F2O. The van der Waals surface area contributed by atoms with Gasteiger partial charge in [0.1, 0.15) is 17.4 Å². The summed E-state index contributed by atoms with van der Waals surface area (Å²) in [5.74, 6) is -1.61. The van der Waals surface area contributed by atoms with Crippen molar-refractivity contribution in [3.8, 4) is 16.9 Å². The van der Waals surface area contributed by atoms with E-state index in [1.54, 1.807) is 0 Å². The fourth-order valence-corrected chi connectivity index (χ4v) is 1.87. The highest BCUT2D eigenvalue weighted by atomic mass is 35.5. The number of rotatable bonds is 1. The summed E-state index contributed by atoms with van der Waals surface area (Å²) in [4.78, 5) is 0. The number of hydrogen-bond acceptors (Lipinski definition) is 1. The van der Waals surface area contributed by atoms with Crippen LogP contribution in [0.3, 0.4) is 0 Å². The van der Waals surface area contributed by atoms with E-state index >= 15 is 0 Å². The second-order valence-corrected chi connectivity index (χ2v) is 4.22. The first-order chi connectivity index (χ1) is 7.99. The molecule has 0 aliphatic carbocycles. The lowest BCUT2D eigenvalue weighted by Crippen LogP contribution is -1.87. The minimum absolute atomic E-state index is 0.0492. The number of aromatic hydroxyl groups is 1. The van der Waals surface area contributed by atoms with Crippen LogP contribution in [0, 0.1) is 11.6 Å². The summed E-state index contributed by atoms with van der Waals surface area (Å²) >= 11 is 11.6. The molecule has 2 aromatic rings. The van der Waals surface area contributed by atoms with Gasteiger partial charge < -0.3 is 5.11 Å². The minimum atomic E-state index is -0.742. The van der Waals surface area contributed by atoms with Crippen molar-refractivity contribution in [2.75, 3.05) is 0 Å². The van der Waals surface area contributed by atoms with Crippen molar-refractivity contribution in [3.63, 3.8) is 0 Å². The molecule has 1 N–H and O–H groups in total. The van der Waals surface area contributed by atoms with Crippen LogP contribution in [0.15, 0.2) is 30.3 Å². The molecule has 0 radical (unpaired) electrons. The maximum atomic E-state index is 13.5. The molecule has 1 nitrogen and oxygen atoms in total. The zero-order valence-electron chi connectivity index (χ0n) is 8.35. The van der Waals surface area contributed by atoms with Crippen molar-refractivity contribution < 1.29 is 13.9 Å². The van der Waals surface area contributed by atoms with Crippen molar-refractivity contribution in [2.24, 2.45) is 0 Å². The van der Waals surface area contributed by atoms with Crippen LogP contribution in [-0.2, 0) is 0 Å². The van der Waals surface area contributed by atoms with Gasteiger partial charge in [0.05, 0.1) is 10.0 Å². The van der Waals surface area contributed by atoms with Gasteiger partial charge >= 0.3 is 0 Å². The highest BCUT2D eigenvalue weighted by Gasteiger charge is 2.12. The molecule has 2 rings (SSSR count). The zero-order chi connectivity index (χ0) is 12.6. The van der Waals surface area contributed by atoms with Crippen molar-refractivity contribution in [3.05, 3.63) is 52.0 Å². The number of hydrogen-bond donors (Lipinski definition) is 1. The lowest BCUT2D eigenvalue weighted by atomic mass is 10.0. The van der Waals surface area contributed by atoms with Crippen LogP contribution < -0.4 is 0 Å². The molecule has 0 aromatic heterocycles. The van der Waals surface area contributed by atoms with Crippen molar-refractivity contribution in [2.45, 2.75) is 0 Å². The molecule has 0 unspecified atom stereocenters. The van der Waals surface area contributed by atoms with Gasteiger partial charge in [-0.25, -0.2) is 8.78 Å². The Bertz CT molecular complexity index is 585. The van der Waals surface area contributed by atoms with Crippen LogP contribution in [-0.4, -0.2) is 5.11 Å². The van der Waals surface area contributed by atoms with Crippen molar-refractivity contribution in [1.82, 2.24) is 0 Å². The first-order valence-corrected chi connectivity index (χ1v) is 5.38. The Hall–Kier alpha value is -1.32. The molecule has 0 aliphatic rings. The predicted octanol–water partition coefficient (Wildman–Crippen LogP) is 4.64. The average molecular weight is 275 g/mol. The fraction of sp³-hybridized carbons (Fsp3) is 0. The van der Waals surface area contributed by atoms with Crippen LogP contribution in [0.4, 0.5) is 8.78 Å². The van der Waals surface area contributed by atoms with Gasteiger partial charge in [-0.2, -0.15) is 0 Å². The van der Waals surface area contributed by atoms with E-state index in [0.717, 1.165) is 12.1 Å². The van der Waals surface area contributed by atoms with E-state index in [1.807, 2.05) is 0 Å². The van der Waals surface area contributed by atoms with E-state index in [0.29, 0.717) is 5.56 Å². The van der Waals surface area contributed by atoms with Gasteiger partial charge in [0.15, 0.2) is 0 Å². The van der Waals surface area contributed by atoms with E-state index in [1.165, 1.54) is 18.2 Å². The van der Waals surface area contributed by atoms with E-state index in [2.05, 4.69) is 0 Å². The Balaban J connectivity index is 2.64. The predicted molar refractivity (Wildman–Crippen MR) is 63.5 cm³/mol. The first kappa shape index (κ1) is 12.1. The van der Waals surface area contributed by atoms with Crippen LogP contribution in [0.25, 0.3) is 11.1 Å². The normalized spacial score (nSPS) is 10.6. The van der Waals surface area contributed by atoms with E-state index in [9.17, 15) is 13.9 Å². The second kappa shape index (κ2) is 4.51. The topological polar surface area (TPSA) is 20.2 Å². The number of phenols is 1. The maximum Gasteiger partial charge on any atom is 0.135 e. The molecule has 0 amide bonds. The summed E-state index contributed by atoms with van der Waals surface area (Å²) in [6, 6.07) is 5.68. The summed E-state index contributed by atoms with van der Waals surface area (Å²) < 4.78 is 26.3. The molecule has 0 spiro atoms. The molecule has 0 atom stereocenters. The quantitative estimate of drug-likeness (QED) is 0.803. The molecule has 5 heteroatoms. The molecule has 0 saturated heterocycles. The third-order valence-electron chi connectivity index (χ3n) is 2.26. The van der Waals surface area contributed by atoms with Gasteiger partial charge in [-0.1, -0.05) is 23.2 Å². The standard InChI is InChI=1S/C12H6Cl2F2O/c13-9-5-12(17)10(14)4-8(9)7-2-1-6(15)3-11(7)16/h1-5,17H. The third-order valence-corrected chi connectivity index (χ3v) is 2.87. The molecule has 0 heterocycles. The average Bonchev–Trinajstić information content (AvgIpc) is 2.24. The second-order valence-electron chi connectivity index (χ2n) is 3.41. The Morgan fingerprint density at radius 3 is 2.24 bits per heavy atom. The lowest BCUT2D eigenvalue weighted by Gasteiger charge is -2.08. The number of phenolic OH excluding ortho intramolecular Hbond substituents is 1. The van der Waals surface area contributed by atoms with Gasteiger partial charge in [-0.3, -0.25) is 0 Å². The summed E-state index contributed by atoms with van der Waals surface area (Å²) in [6.07, 6.45) is 0. The molecule has 17 heavy (non-hydrogen) atoms. The Kier molecular flexibility index (Phi) is 3.22. The largest absolute Gasteiger partial charge is 0.506 e. The molecule has 2 aromatic carbocycles. The van der Waals surface area contributed by atoms with E-state index < -0.39 is 11.6 Å². The molecule has 0 fully saturated rings. The smallest absolute Gasteiger partial charge is 0.135 e. The highest BCUT2D eigenvalue weighted by Crippen LogP contribution is 2.37. The molecule has 0 aliphatic heterocycles. The van der Waals surface area contributed by atoms with Gasteiger partial charge in [0.25, 0.3) is 0 Å². The fourth-order valence-electron chi connectivity index (χ4n) is 1.45. The van der Waals surface area contributed by atoms with Crippen molar-refractivity contribution >= 4 is 23.2 Å². The summed E-state index contributed by atoms with van der Waals surface area (Å²) in [5, 5.41) is 9.50. The first-order valence-electron chi connectivity index (χ1n) is 4.62. The SMILES string of the molecule is Oc1cc(Cl)c(-c2ccc(F)cc2F)cc1Cl. The molecule has 88 valence electrons. The Labute approximate surface area is 106 Å². The van der Waals surface area contributed by atoms with Crippen molar-refractivity contribution in [1.29, 1.82) is 0 Å². The Morgan fingerprint density at radius 1 is 0.882 bits per heavy atom. The van der Waals surface area contributed by atoms with Gasteiger partial charge in [-0.15, -0.1) is 0 Å². The maximum absolute atomic E-state index is 13.5. The summed E-state index contributed by atoms with van der Waals surface area (Å²) in [6.45, 7) is 0. The number of benzene rings is 2. The van der Waals surface area contributed by atoms with Crippen LogP contribution in [0.5, 0.6) is 5.75 Å². The van der Waals surface area contributed by atoms with Crippen LogP contribution >= 0.6 is 23.2 Å². The summed E-state index contributed by atoms with van der Waals surface area (Å²) in [5.41, 5.74) is 0.422. The minimum Gasteiger partial charge on any atom is -0.506 e. The summed E-state index contributed by atoms with van der Waals surface area (Å²) in [7, 11) is 0. The molecule has 0 saturated carbocycles. The van der Waals surface area contributed by atoms with E-state index in [4.69, 9.17) is 23.2 Å². The molecule has 0 bridgehead atoms.